The van der Waals surface area contributed by atoms with Crippen molar-refractivity contribution in [3.8, 4) is 0 Å². The molecule has 0 radical (unpaired) electrons. The first-order valence-corrected chi connectivity index (χ1v) is 9.47. The zero-order valence-corrected chi connectivity index (χ0v) is 14.9. The van der Waals surface area contributed by atoms with Crippen molar-refractivity contribution in [2.24, 2.45) is 0 Å². The topological polar surface area (TPSA) is 46.2 Å². The Balaban J connectivity index is 2.02. The zero-order valence-electron chi connectivity index (χ0n) is 14.1. The molecule has 122 valence electrons. The van der Waals surface area contributed by atoms with Gasteiger partial charge >= 0.3 is 0 Å². The molecule has 23 heavy (non-hydrogen) atoms. The van der Waals surface area contributed by atoms with Crippen LogP contribution in [0.15, 0.2) is 35.2 Å². The molecule has 1 aliphatic rings. The third kappa shape index (κ3) is 2.81. The Hall–Kier alpha value is -1.65. The summed E-state index contributed by atoms with van der Waals surface area (Å²) in [5.74, 6) is 0. The maximum atomic E-state index is 13.0. The number of hydrogen-bond donors (Lipinski definition) is 1. The molecule has 4 heteroatoms. The Bertz CT molecular complexity index is 843. The van der Waals surface area contributed by atoms with Crippen LogP contribution in [-0.2, 0) is 16.4 Å². The number of nitrogens with one attached hydrogen (secondary N) is 1. The Morgan fingerprint density at radius 3 is 2.26 bits per heavy atom. The molecule has 0 heterocycles. The minimum atomic E-state index is -3.54. The average molecular weight is 329 g/mol. The summed E-state index contributed by atoms with van der Waals surface area (Å²) in [4.78, 5) is 0.444. The van der Waals surface area contributed by atoms with Gasteiger partial charge in [0.2, 0.25) is 10.0 Å². The Labute approximate surface area is 138 Å². The summed E-state index contributed by atoms with van der Waals surface area (Å²) < 4.78 is 29.0. The lowest BCUT2D eigenvalue weighted by Gasteiger charge is -2.19. The van der Waals surface area contributed by atoms with E-state index in [4.69, 9.17) is 0 Å². The van der Waals surface area contributed by atoms with Crippen LogP contribution in [-0.4, -0.2) is 8.42 Å². The lowest BCUT2D eigenvalue weighted by Crippen LogP contribution is -2.29. The van der Waals surface area contributed by atoms with E-state index in [1.54, 1.807) is 0 Å². The fraction of sp³-hybridized carbons (Fsp3) is 0.368. The molecule has 2 aromatic rings. The quantitative estimate of drug-likeness (QED) is 0.928. The van der Waals surface area contributed by atoms with Crippen molar-refractivity contribution >= 4 is 10.0 Å². The number of sulfonamides is 1. The van der Waals surface area contributed by atoms with Gasteiger partial charge in [-0.2, -0.15) is 0 Å². The Morgan fingerprint density at radius 1 is 1.00 bits per heavy atom. The molecule has 0 unspecified atom stereocenters. The van der Waals surface area contributed by atoms with Crippen molar-refractivity contribution in [3.63, 3.8) is 0 Å². The highest BCUT2D eigenvalue weighted by Crippen LogP contribution is 2.33. The van der Waals surface area contributed by atoms with Crippen LogP contribution in [0.5, 0.6) is 0 Å². The lowest BCUT2D eigenvalue weighted by atomic mass is 10.0. The van der Waals surface area contributed by atoms with E-state index in [1.165, 1.54) is 5.56 Å². The lowest BCUT2D eigenvalue weighted by molar-refractivity contribution is 0.553. The van der Waals surface area contributed by atoms with Gasteiger partial charge in [-0.1, -0.05) is 30.3 Å². The highest BCUT2D eigenvalue weighted by atomic mass is 32.2. The number of rotatable bonds is 3. The van der Waals surface area contributed by atoms with Crippen LogP contribution >= 0.6 is 0 Å². The third-order valence-electron chi connectivity index (χ3n) is 5.00. The van der Waals surface area contributed by atoms with Crippen molar-refractivity contribution in [2.45, 2.75) is 51.5 Å². The SMILES string of the molecule is Cc1cc(C)c(C)c(S(=O)(=O)N[C@@H]2CCc3ccccc32)c1C. The van der Waals surface area contributed by atoms with Gasteiger partial charge in [-0.15, -0.1) is 0 Å². The highest BCUT2D eigenvalue weighted by Gasteiger charge is 2.29. The summed E-state index contributed by atoms with van der Waals surface area (Å²) in [6.07, 6.45) is 1.75. The second-order valence-corrected chi connectivity index (χ2v) is 8.15. The normalized spacial score (nSPS) is 17.3. The van der Waals surface area contributed by atoms with E-state index in [-0.39, 0.29) is 6.04 Å². The second kappa shape index (κ2) is 5.77. The van der Waals surface area contributed by atoms with E-state index in [0.29, 0.717) is 4.90 Å². The summed E-state index contributed by atoms with van der Waals surface area (Å²) in [6, 6.07) is 10.0. The summed E-state index contributed by atoms with van der Waals surface area (Å²) in [6.45, 7) is 7.70. The number of aryl methyl sites for hydroxylation is 3. The minimum absolute atomic E-state index is 0.129. The predicted molar refractivity (Wildman–Crippen MR) is 93.2 cm³/mol. The number of hydrogen-bond acceptors (Lipinski definition) is 2. The summed E-state index contributed by atoms with van der Waals surface area (Å²) in [7, 11) is -3.54. The van der Waals surface area contributed by atoms with Gasteiger partial charge in [-0.3, -0.25) is 0 Å². The van der Waals surface area contributed by atoms with Gasteiger partial charge < -0.3 is 0 Å². The van der Waals surface area contributed by atoms with E-state index in [1.807, 2.05) is 45.9 Å². The van der Waals surface area contributed by atoms with Crippen LogP contribution in [0.25, 0.3) is 0 Å². The van der Waals surface area contributed by atoms with Crippen molar-refractivity contribution in [3.05, 3.63) is 63.7 Å². The fourth-order valence-electron chi connectivity index (χ4n) is 3.51. The molecule has 0 saturated carbocycles. The minimum Gasteiger partial charge on any atom is -0.207 e. The van der Waals surface area contributed by atoms with Crippen LogP contribution in [0.3, 0.4) is 0 Å². The summed E-state index contributed by atoms with van der Waals surface area (Å²) >= 11 is 0. The molecular formula is C19H23NO2S. The van der Waals surface area contributed by atoms with Crippen molar-refractivity contribution in [2.75, 3.05) is 0 Å². The predicted octanol–water partition coefficient (Wildman–Crippen LogP) is 3.89. The number of benzene rings is 2. The molecule has 3 nitrogen and oxygen atoms in total. The van der Waals surface area contributed by atoms with Crippen LogP contribution in [0.1, 0.15) is 45.8 Å². The molecule has 0 saturated heterocycles. The number of fused-ring (bicyclic) bond motifs is 1. The monoisotopic (exact) mass is 329 g/mol. The van der Waals surface area contributed by atoms with E-state index >= 15 is 0 Å². The molecule has 0 bridgehead atoms. The standard InChI is InChI=1S/C19H23NO2S/c1-12-11-13(2)15(4)19(14(12)3)23(21,22)20-18-10-9-16-7-5-6-8-17(16)18/h5-8,11,18,20H,9-10H2,1-4H3/t18-/m1/s1. The maximum absolute atomic E-state index is 13.0. The van der Waals surface area contributed by atoms with Crippen molar-refractivity contribution in [1.29, 1.82) is 0 Å². The molecule has 0 aliphatic heterocycles. The van der Waals surface area contributed by atoms with Crippen LogP contribution in [0.2, 0.25) is 0 Å². The van der Waals surface area contributed by atoms with Gasteiger partial charge in [0.05, 0.1) is 4.90 Å². The largest absolute Gasteiger partial charge is 0.241 e. The average Bonchev–Trinajstić information content (AvgIpc) is 2.88. The van der Waals surface area contributed by atoms with Gasteiger partial charge in [0.1, 0.15) is 0 Å². The van der Waals surface area contributed by atoms with Gasteiger partial charge in [0.25, 0.3) is 0 Å². The highest BCUT2D eigenvalue weighted by molar-refractivity contribution is 7.89. The van der Waals surface area contributed by atoms with E-state index in [2.05, 4.69) is 16.9 Å². The first kappa shape index (κ1) is 16.2. The molecule has 0 amide bonds. The molecule has 1 N–H and O–H groups in total. The molecule has 0 spiro atoms. The maximum Gasteiger partial charge on any atom is 0.241 e. The third-order valence-corrected chi connectivity index (χ3v) is 6.74. The molecule has 3 rings (SSSR count). The molecule has 0 aromatic heterocycles. The van der Waals surface area contributed by atoms with E-state index in [9.17, 15) is 8.42 Å². The van der Waals surface area contributed by atoms with Crippen LogP contribution in [0.4, 0.5) is 0 Å². The van der Waals surface area contributed by atoms with Gasteiger partial charge in [0.15, 0.2) is 0 Å². The Morgan fingerprint density at radius 2 is 1.61 bits per heavy atom. The summed E-state index contributed by atoms with van der Waals surface area (Å²) in [5, 5.41) is 0. The van der Waals surface area contributed by atoms with Crippen molar-refractivity contribution in [1.82, 2.24) is 4.72 Å². The first-order chi connectivity index (χ1) is 10.8. The molecule has 1 aliphatic carbocycles. The molecule has 2 aromatic carbocycles. The van der Waals surface area contributed by atoms with Crippen LogP contribution < -0.4 is 4.72 Å². The van der Waals surface area contributed by atoms with Gasteiger partial charge in [-0.25, -0.2) is 13.1 Å². The smallest absolute Gasteiger partial charge is 0.207 e. The molecular weight excluding hydrogens is 306 g/mol. The fourth-order valence-corrected chi connectivity index (χ4v) is 5.37. The van der Waals surface area contributed by atoms with Crippen molar-refractivity contribution < 1.29 is 8.42 Å². The zero-order chi connectivity index (χ0) is 16.8. The Kier molecular flexibility index (Phi) is 4.07. The first-order valence-electron chi connectivity index (χ1n) is 7.99. The van der Waals surface area contributed by atoms with E-state index < -0.39 is 10.0 Å². The van der Waals surface area contributed by atoms with Gasteiger partial charge in [-0.05, 0) is 73.9 Å². The molecule has 1 atom stereocenters. The molecule has 0 fully saturated rings. The van der Waals surface area contributed by atoms with Crippen LogP contribution in [0, 0.1) is 27.7 Å². The van der Waals surface area contributed by atoms with E-state index in [0.717, 1.165) is 40.7 Å². The second-order valence-electron chi connectivity index (χ2n) is 6.50. The summed E-state index contributed by atoms with van der Waals surface area (Å²) in [5.41, 5.74) is 6.06. The van der Waals surface area contributed by atoms with Gasteiger partial charge in [0, 0.05) is 6.04 Å².